The predicted molar refractivity (Wildman–Crippen MR) is 76.6 cm³/mol. The Labute approximate surface area is 129 Å². The quantitative estimate of drug-likeness (QED) is 0.740. The Morgan fingerprint density at radius 2 is 1.91 bits per heavy atom. The van der Waals surface area contributed by atoms with Crippen LogP contribution in [0.1, 0.15) is 33.6 Å². The van der Waals surface area contributed by atoms with Crippen LogP contribution in [-0.4, -0.2) is 25.2 Å². The molecule has 0 aliphatic carbocycles. The summed E-state index contributed by atoms with van der Waals surface area (Å²) in [6.07, 6.45) is 0.214. The number of esters is 2. The smallest absolute Gasteiger partial charge is 0.338 e. The molecule has 1 heterocycles. The number of nitrogens with two attached hydrogens (primary N) is 1. The van der Waals surface area contributed by atoms with Crippen molar-refractivity contribution in [3.05, 3.63) is 22.8 Å². The molecule has 0 aromatic rings. The van der Waals surface area contributed by atoms with E-state index in [1.165, 1.54) is 0 Å². The van der Waals surface area contributed by atoms with E-state index in [0.29, 0.717) is 6.42 Å². The molecule has 0 saturated heterocycles. The molecule has 0 bridgehead atoms. The van der Waals surface area contributed by atoms with Gasteiger partial charge < -0.3 is 19.9 Å². The minimum absolute atomic E-state index is 0.0836. The molecule has 7 nitrogen and oxygen atoms in total. The van der Waals surface area contributed by atoms with E-state index in [-0.39, 0.29) is 42.4 Å². The van der Waals surface area contributed by atoms with Crippen LogP contribution in [0.25, 0.3) is 0 Å². The molecule has 2 N–H and O–H groups in total. The molecule has 7 heteroatoms. The lowest BCUT2D eigenvalue weighted by molar-refractivity contribution is -0.143. The monoisotopic (exact) mass is 308 g/mol. The van der Waals surface area contributed by atoms with Crippen LogP contribution in [0.2, 0.25) is 0 Å². The fourth-order valence-corrected chi connectivity index (χ4v) is 2.23. The number of hydrogen-bond acceptors (Lipinski definition) is 7. The third-order valence-corrected chi connectivity index (χ3v) is 3.13. The second-order valence-corrected chi connectivity index (χ2v) is 4.49. The van der Waals surface area contributed by atoms with Crippen LogP contribution >= 0.6 is 0 Å². The lowest BCUT2D eigenvalue weighted by Gasteiger charge is -2.26. The molecule has 0 saturated carbocycles. The van der Waals surface area contributed by atoms with Crippen LogP contribution in [0.4, 0.5) is 0 Å². The van der Waals surface area contributed by atoms with Gasteiger partial charge in [0.05, 0.1) is 24.4 Å². The van der Waals surface area contributed by atoms with Crippen molar-refractivity contribution in [3.8, 4) is 6.07 Å². The molecule has 1 aliphatic heterocycles. The number of nitrogens with zero attached hydrogens (tertiary/aromatic N) is 1. The first kappa shape index (κ1) is 17.6. The second kappa shape index (κ2) is 8.08. The molecule has 120 valence electrons. The van der Waals surface area contributed by atoms with Crippen molar-refractivity contribution in [2.24, 2.45) is 11.7 Å². The van der Waals surface area contributed by atoms with Gasteiger partial charge in [-0.05, 0) is 20.3 Å². The van der Waals surface area contributed by atoms with Crippen molar-refractivity contribution < 1.29 is 23.8 Å². The molecule has 1 aliphatic rings. The molecule has 0 fully saturated rings. The van der Waals surface area contributed by atoms with Crippen LogP contribution in [0.3, 0.4) is 0 Å². The van der Waals surface area contributed by atoms with E-state index in [9.17, 15) is 14.9 Å². The van der Waals surface area contributed by atoms with Gasteiger partial charge in [0.25, 0.3) is 0 Å². The van der Waals surface area contributed by atoms with E-state index < -0.39 is 17.9 Å². The zero-order chi connectivity index (χ0) is 16.7. The molecular weight excluding hydrogens is 288 g/mol. The van der Waals surface area contributed by atoms with Crippen LogP contribution in [0.15, 0.2) is 22.8 Å². The van der Waals surface area contributed by atoms with E-state index in [0.717, 1.165) is 0 Å². The Bertz CT molecular complexity index is 557. The number of nitriles is 1. The Morgan fingerprint density at radius 3 is 2.41 bits per heavy atom. The summed E-state index contributed by atoms with van der Waals surface area (Å²) in [5.74, 6) is -1.72. The number of allylic oxidation sites excluding steroid dienone is 1. The largest absolute Gasteiger partial charge is 0.466 e. The highest BCUT2D eigenvalue weighted by Crippen LogP contribution is 2.35. The van der Waals surface area contributed by atoms with Crippen LogP contribution in [0, 0.1) is 17.2 Å². The molecule has 0 spiro atoms. The lowest BCUT2D eigenvalue weighted by Crippen LogP contribution is -2.28. The summed E-state index contributed by atoms with van der Waals surface area (Å²) in [4.78, 5) is 23.9. The highest BCUT2D eigenvalue weighted by Gasteiger charge is 2.36. The number of carbonyl (C=O) groups is 2. The second-order valence-electron chi connectivity index (χ2n) is 4.49. The topological polar surface area (TPSA) is 112 Å². The fraction of sp³-hybridized carbons (Fsp3) is 0.533. The zero-order valence-corrected chi connectivity index (χ0v) is 13.0. The van der Waals surface area contributed by atoms with E-state index >= 15 is 0 Å². The van der Waals surface area contributed by atoms with Gasteiger partial charge in [0.1, 0.15) is 18.2 Å². The first-order valence-electron chi connectivity index (χ1n) is 7.13. The lowest BCUT2D eigenvalue weighted by atomic mass is 9.86. The summed E-state index contributed by atoms with van der Waals surface area (Å²) in [5.41, 5.74) is 6.05. The van der Waals surface area contributed by atoms with E-state index in [4.69, 9.17) is 19.9 Å². The van der Waals surface area contributed by atoms with Gasteiger partial charge in [0.15, 0.2) is 0 Å². The minimum Gasteiger partial charge on any atom is -0.466 e. The maximum atomic E-state index is 12.2. The molecule has 0 aromatic heterocycles. The third kappa shape index (κ3) is 3.79. The summed E-state index contributed by atoms with van der Waals surface area (Å²) >= 11 is 0. The summed E-state index contributed by atoms with van der Waals surface area (Å²) < 4.78 is 15.2. The van der Waals surface area contributed by atoms with Gasteiger partial charge in [-0.3, -0.25) is 4.79 Å². The predicted octanol–water partition coefficient (Wildman–Crippen LogP) is 1.51. The number of ether oxygens (including phenoxy) is 3. The number of carbonyl (C=O) groups excluding carboxylic acids is 2. The third-order valence-electron chi connectivity index (χ3n) is 3.13. The van der Waals surface area contributed by atoms with Gasteiger partial charge in [0.2, 0.25) is 5.88 Å². The zero-order valence-electron chi connectivity index (χ0n) is 13.0. The molecular formula is C15H20N2O5. The summed E-state index contributed by atoms with van der Waals surface area (Å²) in [5, 5.41) is 9.21. The Hall–Kier alpha value is -2.49. The average Bonchev–Trinajstić information content (AvgIpc) is 2.46. The molecule has 1 atom stereocenters. The van der Waals surface area contributed by atoms with Crippen molar-refractivity contribution >= 4 is 11.9 Å². The number of rotatable bonds is 6. The maximum absolute atomic E-state index is 12.2. The van der Waals surface area contributed by atoms with Crippen molar-refractivity contribution in [1.82, 2.24) is 0 Å². The highest BCUT2D eigenvalue weighted by atomic mass is 16.5. The number of hydrogen-bond donors (Lipinski definition) is 1. The molecule has 0 radical (unpaired) electrons. The fourth-order valence-electron chi connectivity index (χ4n) is 2.23. The summed E-state index contributed by atoms with van der Waals surface area (Å²) in [6, 6.07) is 1.95. The van der Waals surface area contributed by atoms with Gasteiger partial charge in [-0.1, -0.05) is 6.92 Å². The molecule has 22 heavy (non-hydrogen) atoms. The SMILES string of the molecule is CCOC(=O)CC1=C(C(=O)OCC)C(CC)C(C#N)=C(N)O1. The van der Waals surface area contributed by atoms with E-state index in [2.05, 4.69) is 0 Å². The molecule has 0 amide bonds. The highest BCUT2D eigenvalue weighted by molar-refractivity contribution is 5.92. The van der Waals surface area contributed by atoms with Crippen molar-refractivity contribution in [2.45, 2.75) is 33.6 Å². The summed E-state index contributed by atoms with van der Waals surface area (Å²) in [7, 11) is 0. The summed E-state index contributed by atoms with van der Waals surface area (Å²) in [6.45, 7) is 5.54. The normalized spacial score (nSPS) is 17.6. The average molecular weight is 308 g/mol. The Balaban J connectivity index is 3.25. The Morgan fingerprint density at radius 1 is 1.27 bits per heavy atom. The molecule has 1 unspecified atom stereocenters. The minimum atomic E-state index is -0.617. The van der Waals surface area contributed by atoms with Crippen LogP contribution in [-0.2, 0) is 23.8 Å². The Kier molecular flexibility index (Phi) is 6.45. The van der Waals surface area contributed by atoms with E-state index in [1.54, 1.807) is 13.8 Å². The standard InChI is InChI=1S/C15H20N2O5/c1-4-9-10(8-16)14(17)22-11(7-12(18)20-5-2)13(9)15(19)21-6-3/h9H,4-7,17H2,1-3H3. The van der Waals surface area contributed by atoms with Crippen LogP contribution in [0.5, 0.6) is 0 Å². The van der Waals surface area contributed by atoms with Gasteiger partial charge in [0, 0.05) is 5.92 Å². The van der Waals surface area contributed by atoms with E-state index in [1.807, 2.05) is 13.0 Å². The van der Waals surface area contributed by atoms with Gasteiger partial charge in [-0.2, -0.15) is 5.26 Å². The van der Waals surface area contributed by atoms with Gasteiger partial charge in [-0.15, -0.1) is 0 Å². The first-order chi connectivity index (χ1) is 10.5. The van der Waals surface area contributed by atoms with Gasteiger partial charge in [-0.25, -0.2) is 4.79 Å². The van der Waals surface area contributed by atoms with Crippen LogP contribution < -0.4 is 5.73 Å². The van der Waals surface area contributed by atoms with Crippen molar-refractivity contribution in [1.29, 1.82) is 5.26 Å². The van der Waals surface area contributed by atoms with Crippen molar-refractivity contribution in [3.63, 3.8) is 0 Å². The van der Waals surface area contributed by atoms with Crippen molar-refractivity contribution in [2.75, 3.05) is 13.2 Å². The molecule has 0 aromatic carbocycles. The first-order valence-corrected chi connectivity index (χ1v) is 7.13. The molecule has 1 rings (SSSR count). The van der Waals surface area contributed by atoms with Gasteiger partial charge >= 0.3 is 11.9 Å². The maximum Gasteiger partial charge on any atom is 0.338 e.